The molecule has 2 aromatic carbocycles. The molecule has 1 aliphatic rings. The predicted octanol–water partition coefficient (Wildman–Crippen LogP) is 3.67. The van der Waals surface area contributed by atoms with Crippen LogP contribution in [0.1, 0.15) is 19.3 Å². The number of sulfonamides is 1. The van der Waals surface area contributed by atoms with E-state index in [1.165, 1.54) is 40.7 Å². The van der Waals surface area contributed by atoms with Gasteiger partial charge in [0.15, 0.2) is 6.61 Å². The Morgan fingerprint density at radius 3 is 2.43 bits per heavy atom. The largest absolute Gasteiger partial charge is 0.484 e. The second-order valence-electron chi connectivity index (χ2n) is 6.40. The molecule has 3 rings (SSSR count). The van der Waals surface area contributed by atoms with Crippen LogP contribution in [0, 0.1) is 5.82 Å². The Labute approximate surface area is 168 Å². The molecule has 0 aromatic heterocycles. The van der Waals surface area contributed by atoms with Crippen molar-refractivity contribution in [1.29, 1.82) is 0 Å². The Morgan fingerprint density at radius 2 is 1.79 bits per heavy atom. The van der Waals surface area contributed by atoms with E-state index in [9.17, 15) is 17.6 Å². The zero-order valence-electron chi connectivity index (χ0n) is 15.0. The van der Waals surface area contributed by atoms with Crippen molar-refractivity contribution in [2.45, 2.75) is 24.2 Å². The van der Waals surface area contributed by atoms with Gasteiger partial charge in [0.2, 0.25) is 10.0 Å². The Morgan fingerprint density at radius 1 is 1.11 bits per heavy atom. The number of nitrogens with zero attached hydrogens (tertiary/aromatic N) is 1. The fourth-order valence-corrected chi connectivity index (χ4v) is 4.58. The quantitative estimate of drug-likeness (QED) is 0.764. The summed E-state index contributed by atoms with van der Waals surface area (Å²) in [5.41, 5.74) is 0.350. The summed E-state index contributed by atoms with van der Waals surface area (Å²) in [7, 11) is -3.50. The van der Waals surface area contributed by atoms with Gasteiger partial charge in [-0.15, -0.1) is 0 Å². The molecule has 6 nitrogen and oxygen atoms in total. The summed E-state index contributed by atoms with van der Waals surface area (Å²) in [5, 5.41) is 2.45. The number of amides is 1. The topological polar surface area (TPSA) is 75.7 Å². The average Bonchev–Trinajstić information content (AvgIpc) is 2.70. The van der Waals surface area contributed by atoms with Crippen LogP contribution in [0.25, 0.3) is 0 Å². The lowest BCUT2D eigenvalue weighted by atomic mass is 10.2. The van der Waals surface area contributed by atoms with Gasteiger partial charge in [0.05, 0.1) is 9.92 Å². The van der Waals surface area contributed by atoms with Gasteiger partial charge in [-0.2, -0.15) is 4.31 Å². The molecule has 0 atom stereocenters. The number of anilines is 1. The van der Waals surface area contributed by atoms with Crippen LogP contribution in [-0.4, -0.2) is 38.3 Å². The van der Waals surface area contributed by atoms with Crippen molar-refractivity contribution in [3.63, 3.8) is 0 Å². The molecule has 0 radical (unpaired) electrons. The molecule has 9 heteroatoms. The number of hydrogen-bond donors (Lipinski definition) is 1. The predicted molar refractivity (Wildman–Crippen MR) is 105 cm³/mol. The lowest BCUT2D eigenvalue weighted by molar-refractivity contribution is -0.118. The molecule has 28 heavy (non-hydrogen) atoms. The minimum Gasteiger partial charge on any atom is -0.484 e. The highest BCUT2D eigenvalue weighted by Crippen LogP contribution is 2.23. The van der Waals surface area contributed by atoms with E-state index in [1.54, 1.807) is 0 Å². The number of benzene rings is 2. The Balaban J connectivity index is 1.56. The molecule has 0 spiro atoms. The molecular weight excluding hydrogens is 407 g/mol. The number of carbonyl (C=O) groups excluding carboxylic acids is 1. The smallest absolute Gasteiger partial charge is 0.262 e. The third-order valence-corrected chi connectivity index (χ3v) is 6.55. The van der Waals surface area contributed by atoms with Crippen LogP contribution in [0.5, 0.6) is 5.75 Å². The summed E-state index contributed by atoms with van der Waals surface area (Å²) in [6, 6.07) is 9.81. The molecule has 1 aliphatic heterocycles. The fraction of sp³-hybridized carbons (Fsp3) is 0.316. The van der Waals surface area contributed by atoms with Gasteiger partial charge in [-0.25, -0.2) is 12.8 Å². The lowest BCUT2D eigenvalue weighted by Gasteiger charge is -2.25. The van der Waals surface area contributed by atoms with Crippen LogP contribution in [0.3, 0.4) is 0 Å². The van der Waals surface area contributed by atoms with Crippen molar-refractivity contribution in [1.82, 2.24) is 4.31 Å². The van der Waals surface area contributed by atoms with Crippen LogP contribution in [0.4, 0.5) is 10.1 Å². The summed E-state index contributed by atoms with van der Waals surface area (Å²) in [4.78, 5) is 12.1. The van der Waals surface area contributed by atoms with Crippen molar-refractivity contribution in [3.8, 4) is 5.75 Å². The number of rotatable bonds is 6. The standard InChI is InChI=1S/C19H20ClFN2O4S/c20-17-12-14(4-9-18(17)21)22-19(24)13-27-15-5-7-16(8-6-15)28(25,26)23-10-2-1-3-11-23/h4-9,12H,1-3,10-11,13H2,(H,22,24). The number of nitrogens with one attached hydrogen (secondary N) is 1. The highest BCUT2D eigenvalue weighted by Gasteiger charge is 2.25. The van der Waals surface area contributed by atoms with Crippen LogP contribution < -0.4 is 10.1 Å². The van der Waals surface area contributed by atoms with E-state index in [-0.39, 0.29) is 16.5 Å². The first-order valence-corrected chi connectivity index (χ1v) is 10.7. The van der Waals surface area contributed by atoms with Crippen molar-refractivity contribution in [2.24, 2.45) is 0 Å². The van der Waals surface area contributed by atoms with Gasteiger partial charge in [0.1, 0.15) is 11.6 Å². The van der Waals surface area contributed by atoms with E-state index >= 15 is 0 Å². The number of carbonyl (C=O) groups is 1. The summed E-state index contributed by atoms with van der Waals surface area (Å²) in [6.07, 6.45) is 2.79. The molecule has 150 valence electrons. The molecule has 1 fully saturated rings. The zero-order valence-corrected chi connectivity index (χ0v) is 16.6. The zero-order chi connectivity index (χ0) is 20.1. The third-order valence-electron chi connectivity index (χ3n) is 4.35. The van der Waals surface area contributed by atoms with E-state index in [4.69, 9.17) is 16.3 Å². The van der Waals surface area contributed by atoms with Crippen LogP contribution >= 0.6 is 11.6 Å². The highest BCUT2D eigenvalue weighted by atomic mass is 35.5. The SMILES string of the molecule is O=C(COc1ccc(S(=O)(=O)N2CCCCC2)cc1)Nc1ccc(F)c(Cl)c1. The van der Waals surface area contributed by atoms with Crippen LogP contribution in [0.15, 0.2) is 47.4 Å². The number of hydrogen-bond acceptors (Lipinski definition) is 4. The Bertz CT molecular complexity index is 945. The summed E-state index contributed by atoms with van der Waals surface area (Å²) < 4.78 is 45.2. The minimum absolute atomic E-state index is 0.0933. The number of piperidine rings is 1. The first kappa shape index (κ1) is 20.6. The van der Waals surface area contributed by atoms with Crippen molar-refractivity contribution in [3.05, 3.63) is 53.3 Å². The molecule has 2 aromatic rings. The summed E-state index contributed by atoms with van der Waals surface area (Å²) in [5.74, 6) is -0.659. The molecule has 0 unspecified atom stereocenters. The fourth-order valence-electron chi connectivity index (χ4n) is 2.88. The van der Waals surface area contributed by atoms with Crippen LogP contribution in [0.2, 0.25) is 5.02 Å². The lowest BCUT2D eigenvalue weighted by Crippen LogP contribution is -2.35. The molecule has 0 aliphatic carbocycles. The maximum Gasteiger partial charge on any atom is 0.262 e. The van der Waals surface area contributed by atoms with E-state index in [2.05, 4.69) is 5.32 Å². The minimum atomic E-state index is -3.50. The van der Waals surface area contributed by atoms with E-state index in [0.29, 0.717) is 24.5 Å². The van der Waals surface area contributed by atoms with Gasteiger partial charge in [-0.1, -0.05) is 18.0 Å². The highest BCUT2D eigenvalue weighted by molar-refractivity contribution is 7.89. The monoisotopic (exact) mass is 426 g/mol. The first-order valence-electron chi connectivity index (χ1n) is 8.84. The summed E-state index contributed by atoms with van der Waals surface area (Å²) in [6.45, 7) is 0.787. The van der Waals surface area contributed by atoms with E-state index in [0.717, 1.165) is 25.3 Å². The van der Waals surface area contributed by atoms with Gasteiger partial charge in [0, 0.05) is 18.8 Å². The Kier molecular flexibility index (Phi) is 6.53. The molecule has 1 amide bonds. The van der Waals surface area contributed by atoms with Crippen molar-refractivity contribution < 1.29 is 22.3 Å². The normalized spacial score (nSPS) is 15.2. The van der Waals surface area contributed by atoms with Gasteiger partial charge in [-0.3, -0.25) is 4.79 Å². The van der Waals surface area contributed by atoms with E-state index in [1.807, 2.05) is 0 Å². The molecule has 1 saturated heterocycles. The van der Waals surface area contributed by atoms with Crippen LogP contribution in [-0.2, 0) is 14.8 Å². The van der Waals surface area contributed by atoms with E-state index < -0.39 is 21.7 Å². The molecule has 0 saturated carbocycles. The molecular formula is C19H20ClFN2O4S. The van der Waals surface area contributed by atoms with Gasteiger partial charge < -0.3 is 10.1 Å². The average molecular weight is 427 g/mol. The Hall–Kier alpha value is -2.16. The molecule has 1 heterocycles. The molecule has 1 N–H and O–H groups in total. The second kappa shape index (κ2) is 8.89. The third kappa shape index (κ3) is 5.01. The van der Waals surface area contributed by atoms with Crippen molar-refractivity contribution in [2.75, 3.05) is 25.0 Å². The number of halogens is 2. The van der Waals surface area contributed by atoms with Gasteiger partial charge in [0.25, 0.3) is 5.91 Å². The van der Waals surface area contributed by atoms with Gasteiger partial charge in [-0.05, 0) is 55.3 Å². The second-order valence-corrected chi connectivity index (χ2v) is 8.75. The first-order chi connectivity index (χ1) is 13.4. The summed E-state index contributed by atoms with van der Waals surface area (Å²) >= 11 is 5.67. The maximum absolute atomic E-state index is 13.1. The van der Waals surface area contributed by atoms with Gasteiger partial charge >= 0.3 is 0 Å². The number of ether oxygens (including phenoxy) is 1. The molecule has 0 bridgehead atoms. The van der Waals surface area contributed by atoms with Crippen molar-refractivity contribution >= 4 is 33.2 Å². The maximum atomic E-state index is 13.1.